The highest BCUT2D eigenvalue weighted by atomic mass is 16.5. The quantitative estimate of drug-likeness (QED) is 0.395. The fourth-order valence-electron chi connectivity index (χ4n) is 3.72. The van der Waals surface area contributed by atoms with E-state index in [1.165, 1.54) is 6.07 Å². The van der Waals surface area contributed by atoms with Crippen molar-refractivity contribution in [2.24, 2.45) is 0 Å². The lowest BCUT2D eigenvalue weighted by atomic mass is 10.1. The van der Waals surface area contributed by atoms with Gasteiger partial charge < -0.3 is 18.9 Å². The number of carbonyl (C=O) groups excluding carboxylic acids is 1. The van der Waals surface area contributed by atoms with Gasteiger partial charge >= 0.3 is 0 Å². The lowest BCUT2D eigenvalue weighted by Crippen LogP contribution is -2.11. The van der Waals surface area contributed by atoms with Crippen LogP contribution in [0.2, 0.25) is 0 Å². The molecule has 0 unspecified atom stereocenters. The molecule has 0 aliphatic heterocycles. The molecule has 3 aromatic carbocycles. The van der Waals surface area contributed by atoms with Crippen LogP contribution in [0.25, 0.3) is 33.3 Å². The second-order valence-electron chi connectivity index (χ2n) is 7.44. The summed E-state index contributed by atoms with van der Waals surface area (Å²) in [6.45, 7) is 1.96. The molecule has 0 radical (unpaired) electrons. The van der Waals surface area contributed by atoms with E-state index in [4.69, 9.17) is 13.6 Å². The van der Waals surface area contributed by atoms with Gasteiger partial charge in [0.05, 0.1) is 12.5 Å². The molecule has 0 bridgehead atoms. The minimum absolute atomic E-state index is 0.145. The number of aryl methyl sites for hydroxylation is 1. The van der Waals surface area contributed by atoms with Gasteiger partial charge in [-0.1, -0.05) is 36.4 Å². The molecule has 0 aliphatic carbocycles. The standard InChI is InChI=1S/C26H19NO5/c1-15-6-3-4-8-18(15)23-14-20(28)19-13-17(10-11-21(19)31-23)27-26(29)24-12-16-7-5-9-22(30-2)25(16)32-24/h3-14H,1-2H3,(H,27,29). The number of methoxy groups -OCH3 is 1. The maximum atomic E-state index is 12.8. The van der Waals surface area contributed by atoms with E-state index in [0.29, 0.717) is 33.7 Å². The largest absolute Gasteiger partial charge is 0.493 e. The SMILES string of the molecule is COc1cccc2cc(C(=O)Nc3ccc4oc(-c5ccccc5C)cc(=O)c4c3)oc12. The average molecular weight is 425 g/mol. The van der Waals surface area contributed by atoms with Gasteiger partial charge in [-0.05, 0) is 42.8 Å². The van der Waals surface area contributed by atoms with Gasteiger partial charge in [0.2, 0.25) is 0 Å². The Morgan fingerprint density at radius 1 is 0.938 bits per heavy atom. The van der Waals surface area contributed by atoms with Gasteiger partial charge in [-0.25, -0.2) is 0 Å². The third-order valence-corrected chi connectivity index (χ3v) is 5.35. The van der Waals surface area contributed by atoms with Crippen LogP contribution in [0.3, 0.4) is 0 Å². The van der Waals surface area contributed by atoms with Crippen molar-refractivity contribution in [1.82, 2.24) is 0 Å². The number of amides is 1. The normalized spacial score (nSPS) is 11.1. The molecule has 0 spiro atoms. The molecule has 5 aromatic rings. The van der Waals surface area contributed by atoms with Crippen molar-refractivity contribution in [3.8, 4) is 17.1 Å². The van der Waals surface area contributed by atoms with Crippen LogP contribution in [0.1, 0.15) is 16.1 Å². The zero-order valence-electron chi connectivity index (χ0n) is 17.5. The van der Waals surface area contributed by atoms with Crippen molar-refractivity contribution in [2.75, 3.05) is 12.4 Å². The number of para-hydroxylation sites is 1. The highest BCUT2D eigenvalue weighted by molar-refractivity contribution is 6.05. The van der Waals surface area contributed by atoms with Crippen LogP contribution in [-0.2, 0) is 0 Å². The minimum atomic E-state index is -0.427. The van der Waals surface area contributed by atoms with Gasteiger partial charge in [-0.2, -0.15) is 0 Å². The van der Waals surface area contributed by atoms with Crippen LogP contribution in [0.15, 0.2) is 86.4 Å². The molecular weight excluding hydrogens is 406 g/mol. The van der Waals surface area contributed by atoms with Gasteiger partial charge in [-0.3, -0.25) is 9.59 Å². The first kappa shape index (κ1) is 19.6. The summed E-state index contributed by atoms with van der Waals surface area (Å²) in [5.74, 6) is 0.776. The molecule has 2 aromatic heterocycles. The van der Waals surface area contributed by atoms with E-state index in [1.54, 1.807) is 37.4 Å². The van der Waals surface area contributed by atoms with Gasteiger partial charge in [0.25, 0.3) is 5.91 Å². The minimum Gasteiger partial charge on any atom is -0.493 e. The maximum absolute atomic E-state index is 12.8. The van der Waals surface area contributed by atoms with Crippen LogP contribution < -0.4 is 15.5 Å². The van der Waals surface area contributed by atoms with Crippen LogP contribution in [0, 0.1) is 6.92 Å². The summed E-state index contributed by atoms with van der Waals surface area (Å²) < 4.78 is 16.9. The van der Waals surface area contributed by atoms with Crippen molar-refractivity contribution in [2.45, 2.75) is 6.92 Å². The van der Waals surface area contributed by atoms with Crippen LogP contribution in [-0.4, -0.2) is 13.0 Å². The highest BCUT2D eigenvalue weighted by Gasteiger charge is 2.16. The van der Waals surface area contributed by atoms with Crippen LogP contribution in [0.4, 0.5) is 5.69 Å². The summed E-state index contributed by atoms with van der Waals surface area (Å²) in [5, 5.41) is 3.92. The number of hydrogen-bond donors (Lipinski definition) is 1. The second-order valence-corrected chi connectivity index (χ2v) is 7.44. The molecule has 0 saturated heterocycles. The number of ether oxygens (including phenoxy) is 1. The first-order valence-corrected chi connectivity index (χ1v) is 10.1. The molecule has 1 N–H and O–H groups in total. The summed E-state index contributed by atoms with van der Waals surface area (Å²) >= 11 is 0. The van der Waals surface area contributed by atoms with E-state index < -0.39 is 5.91 Å². The zero-order chi connectivity index (χ0) is 22.2. The van der Waals surface area contributed by atoms with E-state index in [0.717, 1.165) is 16.5 Å². The van der Waals surface area contributed by atoms with E-state index in [2.05, 4.69) is 5.32 Å². The van der Waals surface area contributed by atoms with Crippen molar-refractivity contribution in [3.63, 3.8) is 0 Å². The zero-order valence-corrected chi connectivity index (χ0v) is 17.5. The number of fused-ring (bicyclic) bond motifs is 2. The van der Waals surface area contributed by atoms with Gasteiger partial charge in [0.1, 0.15) is 11.3 Å². The number of nitrogens with one attached hydrogen (secondary N) is 1. The van der Waals surface area contributed by atoms with Crippen molar-refractivity contribution in [3.05, 3.63) is 94.3 Å². The molecule has 0 fully saturated rings. The lowest BCUT2D eigenvalue weighted by Gasteiger charge is -2.08. The summed E-state index contributed by atoms with van der Waals surface area (Å²) in [6, 6.07) is 21.2. The predicted octanol–water partition coefficient (Wildman–Crippen LogP) is 5.78. The Kier molecular flexibility index (Phi) is 4.75. The fraction of sp³-hybridized carbons (Fsp3) is 0.0769. The first-order valence-electron chi connectivity index (χ1n) is 10.1. The summed E-state index contributed by atoms with van der Waals surface area (Å²) in [5.41, 5.74) is 3.11. The monoisotopic (exact) mass is 425 g/mol. The number of carbonyl (C=O) groups is 1. The Hall–Kier alpha value is -4.32. The van der Waals surface area contributed by atoms with Crippen LogP contribution in [0.5, 0.6) is 5.75 Å². The number of anilines is 1. The Morgan fingerprint density at radius 3 is 2.59 bits per heavy atom. The highest BCUT2D eigenvalue weighted by Crippen LogP contribution is 2.29. The van der Waals surface area contributed by atoms with E-state index >= 15 is 0 Å². The van der Waals surface area contributed by atoms with Crippen molar-refractivity contribution >= 4 is 33.5 Å². The molecule has 0 aliphatic rings. The molecular formula is C26H19NO5. The molecule has 0 saturated carbocycles. The molecule has 6 heteroatoms. The Morgan fingerprint density at radius 2 is 1.78 bits per heavy atom. The number of hydrogen-bond acceptors (Lipinski definition) is 5. The third kappa shape index (κ3) is 3.41. The number of benzene rings is 3. The van der Waals surface area contributed by atoms with E-state index in [1.807, 2.05) is 43.3 Å². The lowest BCUT2D eigenvalue weighted by molar-refractivity contribution is 0.0998. The molecule has 5 rings (SSSR count). The summed E-state index contributed by atoms with van der Waals surface area (Å²) in [7, 11) is 1.54. The average Bonchev–Trinajstić information content (AvgIpc) is 3.24. The smallest absolute Gasteiger partial charge is 0.291 e. The molecule has 0 atom stereocenters. The topological polar surface area (TPSA) is 81.7 Å². The molecule has 158 valence electrons. The first-order chi connectivity index (χ1) is 15.5. The number of rotatable bonds is 4. The van der Waals surface area contributed by atoms with Gasteiger partial charge in [-0.15, -0.1) is 0 Å². The molecule has 2 heterocycles. The van der Waals surface area contributed by atoms with Crippen molar-refractivity contribution in [1.29, 1.82) is 0 Å². The van der Waals surface area contributed by atoms with Gasteiger partial charge in [0.15, 0.2) is 22.5 Å². The summed E-state index contributed by atoms with van der Waals surface area (Å²) in [4.78, 5) is 25.5. The molecule has 32 heavy (non-hydrogen) atoms. The Labute approximate surface area is 183 Å². The Balaban J connectivity index is 1.47. The van der Waals surface area contributed by atoms with Crippen molar-refractivity contribution < 1.29 is 18.4 Å². The Bertz CT molecular complexity index is 1540. The predicted molar refractivity (Wildman–Crippen MR) is 123 cm³/mol. The molecule has 6 nitrogen and oxygen atoms in total. The van der Waals surface area contributed by atoms with E-state index in [9.17, 15) is 9.59 Å². The summed E-state index contributed by atoms with van der Waals surface area (Å²) in [6.07, 6.45) is 0. The van der Waals surface area contributed by atoms with Gasteiger partial charge in [0, 0.05) is 22.7 Å². The third-order valence-electron chi connectivity index (χ3n) is 5.35. The number of furan rings is 1. The second kappa shape index (κ2) is 7.74. The van der Waals surface area contributed by atoms with Crippen LogP contribution >= 0.6 is 0 Å². The maximum Gasteiger partial charge on any atom is 0.291 e. The fourth-order valence-corrected chi connectivity index (χ4v) is 3.72. The van der Waals surface area contributed by atoms with E-state index in [-0.39, 0.29) is 11.2 Å². The molecule has 1 amide bonds.